The van der Waals surface area contributed by atoms with E-state index in [1.165, 1.54) is 12.8 Å². The van der Waals surface area contributed by atoms with Crippen LogP contribution in [0.5, 0.6) is 5.75 Å². The number of carbonyl (C=O) groups excluding carboxylic acids is 1. The molecule has 1 amide bonds. The molecule has 2 fully saturated rings. The van der Waals surface area contributed by atoms with Gasteiger partial charge in [0.05, 0.1) is 6.61 Å². The topological polar surface area (TPSA) is 42.0 Å². The van der Waals surface area contributed by atoms with Crippen LogP contribution >= 0.6 is 0 Å². The molecule has 0 N–H and O–H groups in total. The van der Waals surface area contributed by atoms with Gasteiger partial charge >= 0.3 is 0 Å². The summed E-state index contributed by atoms with van der Waals surface area (Å²) in [6.07, 6.45) is 4.68. The van der Waals surface area contributed by atoms with Gasteiger partial charge in [-0.15, -0.1) is 0 Å². The van der Waals surface area contributed by atoms with E-state index in [0.29, 0.717) is 25.3 Å². The highest BCUT2D eigenvalue weighted by Crippen LogP contribution is 2.29. The van der Waals surface area contributed by atoms with Crippen molar-refractivity contribution in [1.29, 1.82) is 0 Å². The average Bonchev–Trinajstić information content (AvgIpc) is 3.23. The van der Waals surface area contributed by atoms with Crippen LogP contribution in [0, 0.1) is 0 Å². The summed E-state index contributed by atoms with van der Waals surface area (Å²) in [5.41, 5.74) is 0. The molecule has 0 aromatic heterocycles. The van der Waals surface area contributed by atoms with Crippen LogP contribution in [-0.4, -0.2) is 67.7 Å². The van der Waals surface area contributed by atoms with E-state index >= 15 is 0 Å². The van der Waals surface area contributed by atoms with E-state index in [9.17, 15) is 4.79 Å². The standard InChI is InChI=1S/C19H28N2O3/c1-20-11-5-9-17(20)18-10-6-12-21(18)19(22)15-23-13-14-24-16-7-3-2-4-8-16/h2-4,7-8,17-18H,5-6,9-15H2,1H3/t17-,18-/m1/s1. The summed E-state index contributed by atoms with van der Waals surface area (Å²) in [5, 5.41) is 0. The smallest absolute Gasteiger partial charge is 0.248 e. The normalized spacial score (nSPS) is 24.5. The number of ether oxygens (including phenoxy) is 2. The molecular weight excluding hydrogens is 304 g/mol. The minimum Gasteiger partial charge on any atom is -0.491 e. The molecule has 0 saturated carbocycles. The van der Waals surface area contributed by atoms with Gasteiger partial charge in [-0.3, -0.25) is 4.79 Å². The Hall–Kier alpha value is -1.59. The van der Waals surface area contributed by atoms with E-state index in [4.69, 9.17) is 9.47 Å². The molecule has 2 heterocycles. The maximum Gasteiger partial charge on any atom is 0.248 e. The van der Waals surface area contributed by atoms with Crippen LogP contribution in [0.15, 0.2) is 30.3 Å². The second kappa shape index (κ2) is 8.49. The molecule has 5 heteroatoms. The van der Waals surface area contributed by atoms with E-state index in [0.717, 1.165) is 31.7 Å². The van der Waals surface area contributed by atoms with E-state index in [2.05, 4.69) is 11.9 Å². The zero-order valence-electron chi connectivity index (χ0n) is 14.5. The van der Waals surface area contributed by atoms with Crippen LogP contribution in [0.4, 0.5) is 0 Å². The lowest BCUT2D eigenvalue weighted by molar-refractivity contribution is -0.138. The van der Waals surface area contributed by atoms with Gasteiger partial charge in [-0.2, -0.15) is 0 Å². The van der Waals surface area contributed by atoms with Crippen molar-refractivity contribution in [3.8, 4) is 5.75 Å². The zero-order chi connectivity index (χ0) is 16.8. The number of likely N-dealkylation sites (tertiary alicyclic amines) is 2. The fraction of sp³-hybridized carbons (Fsp3) is 0.632. The predicted octanol–water partition coefficient (Wildman–Crippen LogP) is 2.17. The quantitative estimate of drug-likeness (QED) is 0.718. The van der Waals surface area contributed by atoms with E-state index in [-0.39, 0.29) is 12.5 Å². The van der Waals surface area contributed by atoms with Gasteiger partial charge in [0.25, 0.3) is 0 Å². The SMILES string of the molecule is CN1CCC[C@@H]1[C@H]1CCCN1C(=O)COCCOc1ccccc1. The first-order valence-corrected chi connectivity index (χ1v) is 9.01. The van der Waals surface area contributed by atoms with E-state index < -0.39 is 0 Å². The minimum absolute atomic E-state index is 0.123. The van der Waals surface area contributed by atoms with Crippen LogP contribution in [0.1, 0.15) is 25.7 Å². The summed E-state index contributed by atoms with van der Waals surface area (Å²) in [6.45, 7) is 3.08. The number of benzene rings is 1. The number of likely N-dealkylation sites (N-methyl/N-ethyl adjacent to an activating group) is 1. The second-order valence-electron chi connectivity index (χ2n) is 6.70. The number of amides is 1. The summed E-state index contributed by atoms with van der Waals surface area (Å²) in [6, 6.07) is 10.6. The van der Waals surface area contributed by atoms with Crippen LogP contribution in [0.25, 0.3) is 0 Å². The Morgan fingerprint density at radius 3 is 2.58 bits per heavy atom. The van der Waals surface area contributed by atoms with Crippen molar-refractivity contribution in [2.24, 2.45) is 0 Å². The highest BCUT2D eigenvalue weighted by Gasteiger charge is 2.38. The molecule has 2 aliphatic heterocycles. The third kappa shape index (κ3) is 4.28. The first-order chi connectivity index (χ1) is 11.8. The van der Waals surface area contributed by atoms with Crippen molar-refractivity contribution in [1.82, 2.24) is 9.80 Å². The maximum atomic E-state index is 12.5. The second-order valence-corrected chi connectivity index (χ2v) is 6.70. The molecule has 2 saturated heterocycles. The molecule has 24 heavy (non-hydrogen) atoms. The zero-order valence-corrected chi connectivity index (χ0v) is 14.5. The summed E-state index contributed by atoms with van der Waals surface area (Å²) in [7, 11) is 2.18. The van der Waals surface area contributed by atoms with Crippen molar-refractivity contribution in [3.05, 3.63) is 30.3 Å². The van der Waals surface area contributed by atoms with Gasteiger partial charge in [0.2, 0.25) is 5.91 Å². The Kier molecular flexibility index (Phi) is 6.10. The Labute approximate surface area is 144 Å². The number of para-hydroxylation sites is 1. The third-order valence-electron chi connectivity index (χ3n) is 5.11. The molecule has 5 nitrogen and oxygen atoms in total. The molecule has 0 aliphatic carbocycles. The molecule has 0 radical (unpaired) electrons. The Bertz CT molecular complexity index is 523. The number of hydrogen-bond donors (Lipinski definition) is 0. The average molecular weight is 332 g/mol. The highest BCUT2D eigenvalue weighted by atomic mass is 16.5. The Morgan fingerprint density at radius 1 is 1.08 bits per heavy atom. The lowest BCUT2D eigenvalue weighted by atomic mass is 10.0. The molecule has 2 atom stereocenters. The van der Waals surface area contributed by atoms with E-state index in [1.807, 2.05) is 35.2 Å². The molecular formula is C19H28N2O3. The van der Waals surface area contributed by atoms with Crippen LogP contribution in [-0.2, 0) is 9.53 Å². The summed E-state index contributed by atoms with van der Waals surface area (Å²) < 4.78 is 11.1. The summed E-state index contributed by atoms with van der Waals surface area (Å²) in [5.74, 6) is 0.953. The van der Waals surface area contributed by atoms with Gasteiger partial charge in [0.15, 0.2) is 0 Å². The number of carbonyl (C=O) groups is 1. The lowest BCUT2D eigenvalue weighted by Gasteiger charge is -2.33. The van der Waals surface area contributed by atoms with E-state index in [1.54, 1.807) is 0 Å². The monoisotopic (exact) mass is 332 g/mol. The molecule has 1 aromatic carbocycles. The van der Waals surface area contributed by atoms with Crippen LogP contribution < -0.4 is 4.74 Å². The fourth-order valence-corrected chi connectivity index (χ4v) is 3.90. The van der Waals surface area contributed by atoms with Gasteiger partial charge in [0, 0.05) is 18.6 Å². The number of hydrogen-bond acceptors (Lipinski definition) is 4. The first kappa shape index (κ1) is 17.2. The largest absolute Gasteiger partial charge is 0.491 e. The van der Waals surface area contributed by atoms with Gasteiger partial charge in [-0.05, 0) is 51.4 Å². The van der Waals surface area contributed by atoms with Gasteiger partial charge in [-0.25, -0.2) is 0 Å². The Balaban J connectivity index is 1.38. The molecule has 3 rings (SSSR count). The summed E-state index contributed by atoms with van der Waals surface area (Å²) in [4.78, 5) is 16.9. The minimum atomic E-state index is 0.123. The van der Waals surface area contributed by atoms with Crippen molar-refractivity contribution in [3.63, 3.8) is 0 Å². The number of nitrogens with zero attached hydrogens (tertiary/aromatic N) is 2. The predicted molar refractivity (Wildman–Crippen MR) is 93.1 cm³/mol. The molecule has 0 unspecified atom stereocenters. The van der Waals surface area contributed by atoms with Crippen molar-refractivity contribution in [2.45, 2.75) is 37.8 Å². The molecule has 2 aliphatic rings. The van der Waals surface area contributed by atoms with Gasteiger partial charge < -0.3 is 19.3 Å². The van der Waals surface area contributed by atoms with Crippen molar-refractivity contribution >= 4 is 5.91 Å². The summed E-state index contributed by atoms with van der Waals surface area (Å²) >= 11 is 0. The van der Waals surface area contributed by atoms with Gasteiger partial charge in [0.1, 0.15) is 19.0 Å². The van der Waals surface area contributed by atoms with Crippen LogP contribution in [0.2, 0.25) is 0 Å². The fourth-order valence-electron chi connectivity index (χ4n) is 3.90. The number of rotatable bonds is 7. The molecule has 0 spiro atoms. The lowest BCUT2D eigenvalue weighted by Crippen LogP contribution is -2.48. The molecule has 132 valence electrons. The van der Waals surface area contributed by atoms with Crippen molar-refractivity contribution < 1.29 is 14.3 Å². The Morgan fingerprint density at radius 2 is 1.83 bits per heavy atom. The third-order valence-corrected chi connectivity index (χ3v) is 5.11. The molecule has 0 bridgehead atoms. The first-order valence-electron chi connectivity index (χ1n) is 9.01. The maximum absolute atomic E-state index is 12.5. The van der Waals surface area contributed by atoms with Gasteiger partial charge in [-0.1, -0.05) is 18.2 Å². The molecule has 1 aromatic rings. The highest BCUT2D eigenvalue weighted by molar-refractivity contribution is 5.78. The van der Waals surface area contributed by atoms with Crippen molar-refractivity contribution in [2.75, 3.05) is 40.0 Å². The van der Waals surface area contributed by atoms with Crippen LogP contribution in [0.3, 0.4) is 0 Å².